The minimum absolute atomic E-state index is 0.109. The summed E-state index contributed by atoms with van der Waals surface area (Å²) in [5.74, 6) is 0.204. The fourth-order valence-electron chi connectivity index (χ4n) is 2.67. The van der Waals surface area contributed by atoms with Gasteiger partial charge >= 0.3 is 0 Å². The molecule has 1 aromatic heterocycles. The lowest BCUT2D eigenvalue weighted by atomic mass is 10.2. The summed E-state index contributed by atoms with van der Waals surface area (Å²) >= 11 is 7.14. The molecule has 2 aromatic carbocycles. The SMILES string of the molecule is COc1ccc(S(=O)(=O)N(C)c2ccsc2C(=O)NCc2cccc(Cl)c2)cc1. The van der Waals surface area contributed by atoms with Gasteiger partial charge in [-0.05, 0) is 53.4 Å². The molecule has 1 heterocycles. The maximum Gasteiger partial charge on any atom is 0.264 e. The van der Waals surface area contributed by atoms with Gasteiger partial charge in [-0.1, -0.05) is 23.7 Å². The zero-order chi connectivity index (χ0) is 21.0. The Bertz CT molecular complexity index is 1110. The first-order valence-corrected chi connectivity index (χ1v) is 11.3. The zero-order valence-corrected chi connectivity index (χ0v) is 18.1. The van der Waals surface area contributed by atoms with Gasteiger partial charge in [-0.15, -0.1) is 11.3 Å². The first-order valence-electron chi connectivity index (χ1n) is 8.56. The molecule has 1 amide bonds. The van der Waals surface area contributed by atoms with E-state index in [0.717, 1.165) is 9.87 Å². The second-order valence-corrected chi connectivity index (χ2v) is 9.42. The van der Waals surface area contributed by atoms with E-state index in [1.54, 1.807) is 41.8 Å². The number of hydrogen-bond donors (Lipinski definition) is 1. The van der Waals surface area contributed by atoms with Crippen LogP contribution in [-0.4, -0.2) is 28.5 Å². The molecule has 1 N–H and O–H groups in total. The molecule has 0 atom stereocenters. The Hall–Kier alpha value is -2.55. The van der Waals surface area contributed by atoms with Gasteiger partial charge in [0.15, 0.2) is 0 Å². The smallest absolute Gasteiger partial charge is 0.264 e. The van der Waals surface area contributed by atoms with Crippen LogP contribution in [0, 0.1) is 0 Å². The summed E-state index contributed by atoms with van der Waals surface area (Å²) in [6, 6.07) is 14.9. The van der Waals surface area contributed by atoms with Crippen LogP contribution in [0.4, 0.5) is 5.69 Å². The van der Waals surface area contributed by atoms with Crippen LogP contribution in [0.15, 0.2) is 64.9 Å². The number of nitrogens with one attached hydrogen (secondary N) is 1. The van der Waals surface area contributed by atoms with Crippen molar-refractivity contribution in [3.8, 4) is 5.75 Å². The summed E-state index contributed by atoms with van der Waals surface area (Å²) in [6.45, 7) is 0.283. The van der Waals surface area contributed by atoms with E-state index < -0.39 is 10.0 Å². The van der Waals surface area contributed by atoms with Crippen molar-refractivity contribution in [2.45, 2.75) is 11.4 Å². The van der Waals surface area contributed by atoms with Crippen molar-refractivity contribution in [2.24, 2.45) is 0 Å². The van der Waals surface area contributed by atoms with Crippen molar-refractivity contribution in [1.82, 2.24) is 5.32 Å². The van der Waals surface area contributed by atoms with E-state index in [0.29, 0.717) is 21.3 Å². The van der Waals surface area contributed by atoms with Crippen molar-refractivity contribution in [3.05, 3.63) is 75.4 Å². The number of sulfonamides is 1. The number of ether oxygens (including phenoxy) is 1. The molecule has 152 valence electrons. The number of halogens is 1. The summed E-state index contributed by atoms with van der Waals surface area (Å²) in [4.78, 5) is 13.1. The topological polar surface area (TPSA) is 75.7 Å². The van der Waals surface area contributed by atoms with Crippen molar-refractivity contribution in [1.29, 1.82) is 0 Å². The monoisotopic (exact) mass is 450 g/mol. The van der Waals surface area contributed by atoms with Crippen molar-refractivity contribution in [3.63, 3.8) is 0 Å². The number of amides is 1. The lowest BCUT2D eigenvalue weighted by Gasteiger charge is -2.20. The molecule has 0 aliphatic carbocycles. The molecule has 6 nitrogen and oxygen atoms in total. The van der Waals surface area contributed by atoms with Crippen LogP contribution < -0.4 is 14.4 Å². The van der Waals surface area contributed by atoms with Crippen LogP contribution in [0.3, 0.4) is 0 Å². The zero-order valence-electron chi connectivity index (χ0n) is 15.8. The molecule has 0 spiro atoms. The Morgan fingerprint density at radius 3 is 2.55 bits per heavy atom. The van der Waals surface area contributed by atoms with E-state index in [9.17, 15) is 13.2 Å². The summed E-state index contributed by atoms with van der Waals surface area (Å²) < 4.78 is 32.1. The summed E-state index contributed by atoms with van der Waals surface area (Å²) in [7, 11) is -0.894. The Kier molecular flexibility index (Phi) is 6.46. The molecule has 29 heavy (non-hydrogen) atoms. The second kappa shape index (κ2) is 8.86. The standard InChI is InChI=1S/C20H19ClN2O4S2/c1-23(29(25,26)17-8-6-16(27-2)7-9-17)18-10-11-28-19(18)20(24)22-13-14-4-3-5-15(21)12-14/h3-12H,13H2,1-2H3,(H,22,24). The van der Waals surface area contributed by atoms with Crippen LogP contribution >= 0.6 is 22.9 Å². The maximum absolute atomic E-state index is 13.0. The highest BCUT2D eigenvalue weighted by Crippen LogP contribution is 2.30. The average molecular weight is 451 g/mol. The van der Waals surface area contributed by atoms with Crippen molar-refractivity contribution in [2.75, 3.05) is 18.5 Å². The molecule has 0 unspecified atom stereocenters. The molecule has 0 radical (unpaired) electrons. The average Bonchev–Trinajstić information content (AvgIpc) is 3.21. The minimum atomic E-state index is -3.83. The number of benzene rings is 2. The number of rotatable bonds is 7. The first-order chi connectivity index (χ1) is 13.8. The van der Waals surface area contributed by atoms with Crippen molar-refractivity contribution >= 4 is 44.6 Å². The van der Waals surface area contributed by atoms with Gasteiger partial charge in [0.1, 0.15) is 10.6 Å². The Labute approximate surface area is 178 Å². The fourth-order valence-corrected chi connectivity index (χ4v) is 4.98. The number of carbonyl (C=O) groups is 1. The lowest BCUT2D eigenvalue weighted by Crippen LogP contribution is -2.29. The normalized spacial score (nSPS) is 11.1. The van der Waals surface area contributed by atoms with Gasteiger partial charge in [0.05, 0.1) is 17.7 Å². The van der Waals surface area contributed by atoms with Gasteiger partial charge in [-0.3, -0.25) is 9.10 Å². The van der Waals surface area contributed by atoms with Crippen LogP contribution in [0.5, 0.6) is 5.75 Å². The Morgan fingerprint density at radius 2 is 1.90 bits per heavy atom. The number of methoxy groups -OCH3 is 1. The number of hydrogen-bond acceptors (Lipinski definition) is 5. The summed E-state index contributed by atoms with van der Waals surface area (Å²) in [5.41, 5.74) is 1.16. The Morgan fingerprint density at radius 1 is 1.17 bits per heavy atom. The van der Waals surface area contributed by atoms with Crippen LogP contribution in [0.2, 0.25) is 5.02 Å². The van der Waals surface area contributed by atoms with Crippen molar-refractivity contribution < 1.29 is 17.9 Å². The summed E-state index contributed by atoms with van der Waals surface area (Å²) in [5, 5.41) is 5.07. The third-order valence-electron chi connectivity index (χ3n) is 4.25. The lowest BCUT2D eigenvalue weighted by molar-refractivity contribution is 0.0955. The highest BCUT2D eigenvalue weighted by molar-refractivity contribution is 7.92. The van der Waals surface area contributed by atoms with Crippen LogP contribution in [0.1, 0.15) is 15.2 Å². The largest absolute Gasteiger partial charge is 0.497 e. The van der Waals surface area contributed by atoms with E-state index in [2.05, 4.69) is 5.32 Å². The third kappa shape index (κ3) is 4.72. The summed E-state index contributed by atoms with van der Waals surface area (Å²) in [6.07, 6.45) is 0. The third-order valence-corrected chi connectivity index (χ3v) is 7.17. The van der Waals surface area contributed by atoms with E-state index in [1.807, 2.05) is 6.07 Å². The molecule has 0 aliphatic heterocycles. The molecule has 9 heteroatoms. The first kappa shape index (κ1) is 21.2. The molecular formula is C20H19ClN2O4S2. The molecule has 0 bridgehead atoms. The van der Waals surface area contributed by atoms with E-state index in [4.69, 9.17) is 16.3 Å². The maximum atomic E-state index is 13.0. The molecule has 3 aromatic rings. The minimum Gasteiger partial charge on any atom is -0.497 e. The molecular weight excluding hydrogens is 432 g/mol. The number of anilines is 1. The number of nitrogens with zero attached hydrogens (tertiary/aromatic N) is 1. The predicted octanol–water partition coefficient (Wildman–Crippen LogP) is 4.17. The predicted molar refractivity (Wildman–Crippen MR) is 116 cm³/mol. The molecule has 0 fully saturated rings. The van der Waals surface area contributed by atoms with Gasteiger partial charge in [-0.25, -0.2) is 8.42 Å². The van der Waals surface area contributed by atoms with E-state index >= 15 is 0 Å². The van der Waals surface area contributed by atoms with Gasteiger partial charge in [0.2, 0.25) is 0 Å². The molecule has 0 saturated carbocycles. The fraction of sp³-hybridized carbons (Fsp3) is 0.150. The van der Waals surface area contributed by atoms with Gasteiger partial charge in [0.25, 0.3) is 15.9 Å². The number of carbonyl (C=O) groups excluding carboxylic acids is 1. The van der Waals surface area contributed by atoms with Crippen LogP contribution in [-0.2, 0) is 16.6 Å². The van der Waals surface area contributed by atoms with E-state index in [1.165, 1.54) is 37.6 Å². The molecule has 0 saturated heterocycles. The van der Waals surface area contributed by atoms with Gasteiger partial charge < -0.3 is 10.1 Å². The Balaban J connectivity index is 1.79. The molecule has 0 aliphatic rings. The number of thiophene rings is 1. The van der Waals surface area contributed by atoms with Gasteiger partial charge in [-0.2, -0.15) is 0 Å². The molecule has 3 rings (SSSR count). The van der Waals surface area contributed by atoms with Gasteiger partial charge in [0, 0.05) is 18.6 Å². The van der Waals surface area contributed by atoms with E-state index in [-0.39, 0.29) is 17.3 Å². The highest BCUT2D eigenvalue weighted by Gasteiger charge is 2.26. The second-order valence-electron chi connectivity index (χ2n) is 6.10. The highest BCUT2D eigenvalue weighted by atomic mass is 35.5. The van der Waals surface area contributed by atoms with Crippen LogP contribution in [0.25, 0.3) is 0 Å². The quantitative estimate of drug-likeness (QED) is 0.586.